The molecule has 2 rings (SSSR count). The number of aliphatic imine (C=N–C) groups is 1. The lowest BCUT2D eigenvalue weighted by Gasteiger charge is -2.15. The summed E-state index contributed by atoms with van der Waals surface area (Å²) in [6.07, 6.45) is 6.46. The van der Waals surface area contributed by atoms with Crippen molar-refractivity contribution in [3.63, 3.8) is 0 Å². The Hall–Kier alpha value is -0.540. The minimum Gasteiger partial charge on any atom is -0.296 e. The summed E-state index contributed by atoms with van der Waals surface area (Å²) in [6, 6.07) is 0.0627. The fourth-order valence-corrected chi connectivity index (χ4v) is 2.54. The molecule has 4 heteroatoms. The van der Waals surface area contributed by atoms with Crippen LogP contribution in [0.1, 0.15) is 0 Å². The fourth-order valence-electron chi connectivity index (χ4n) is 1.22. The number of nitrogens with zero attached hydrogens (tertiary/aromatic N) is 1. The van der Waals surface area contributed by atoms with Crippen molar-refractivity contribution in [2.75, 3.05) is 0 Å². The fraction of sp³-hybridized carbons (Fsp3) is 0.250. The maximum Gasteiger partial charge on any atom is 0.174 e. The molecule has 1 aliphatic carbocycles. The summed E-state index contributed by atoms with van der Waals surface area (Å²) in [5.74, 6) is 0. The van der Waals surface area contributed by atoms with Crippen LogP contribution < -0.4 is 0 Å². The highest BCUT2D eigenvalue weighted by Crippen LogP contribution is 2.36. The quantitative estimate of drug-likeness (QED) is 0.603. The first-order valence-corrected chi connectivity index (χ1v) is 4.80. The largest absolute Gasteiger partial charge is 0.296 e. The average Bonchev–Trinajstić information content (AvgIpc) is 2.49. The van der Waals surface area contributed by atoms with Crippen molar-refractivity contribution >= 4 is 34.7 Å². The van der Waals surface area contributed by atoms with Crippen molar-refractivity contribution in [1.29, 1.82) is 0 Å². The molecule has 0 spiro atoms. The Morgan fingerprint density at radius 2 is 2.50 bits per heavy atom. The van der Waals surface area contributed by atoms with E-state index in [1.54, 1.807) is 0 Å². The summed E-state index contributed by atoms with van der Waals surface area (Å²) in [6.45, 7) is 0. The van der Waals surface area contributed by atoms with E-state index < -0.39 is 0 Å². The second kappa shape index (κ2) is 3.07. The van der Waals surface area contributed by atoms with E-state index in [2.05, 4.69) is 4.99 Å². The molecule has 0 radical (unpaired) electrons. The van der Waals surface area contributed by atoms with Crippen molar-refractivity contribution in [3.8, 4) is 0 Å². The van der Waals surface area contributed by atoms with Gasteiger partial charge in [-0.2, -0.15) is 0 Å². The molecular formula is C8H6ClNOS. The van der Waals surface area contributed by atoms with Crippen molar-refractivity contribution in [3.05, 3.63) is 23.3 Å². The molecule has 0 aromatic rings. The Labute approximate surface area is 79.4 Å². The summed E-state index contributed by atoms with van der Waals surface area (Å²) in [5.41, 5.74) is 0. The minimum atomic E-state index is 0.0627. The number of thioether (sulfide) groups is 1. The summed E-state index contributed by atoms with van der Waals surface area (Å²) < 4.78 is 0. The van der Waals surface area contributed by atoms with Crippen LogP contribution in [0.5, 0.6) is 0 Å². The maximum atomic E-state index is 10.4. The standard InChI is InChI=1S/C8H6ClNOS/c9-5-2-1-3-6-8(5)12-7(4-11)10-6/h1-4,6,8H. The highest BCUT2D eigenvalue weighted by molar-refractivity contribution is 8.16. The van der Waals surface area contributed by atoms with Crippen molar-refractivity contribution < 1.29 is 4.79 Å². The highest BCUT2D eigenvalue weighted by atomic mass is 35.5. The lowest BCUT2D eigenvalue weighted by molar-refractivity contribution is -0.102. The van der Waals surface area contributed by atoms with Crippen molar-refractivity contribution in [2.45, 2.75) is 11.3 Å². The van der Waals surface area contributed by atoms with E-state index in [9.17, 15) is 4.79 Å². The first kappa shape index (κ1) is 8.08. The predicted molar refractivity (Wildman–Crippen MR) is 51.7 cm³/mol. The van der Waals surface area contributed by atoms with Crippen LogP contribution in [0.4, 0.5) is 0 Å². The van der Waals surface area contributed by atoms with Gasteiger partial charge in [0.2, 0.25) is 0 Å². The maximum absolute atomic E-state index is 10.4. The summed E-state index contributed by atoms with van der Waals surface area (Å²) in [5, 5.41) is 1.45. The first-order chi connectivity index (χ1) is 5.81. The van der Waals surface area contributed by atoms with Gasteiger partial charge in [0.05, 0.1) is 11.3 Å². The zero-order valence-electron chi connectivity index (χ0n) is 6.11. The predicted octanol–water partition coefficient (Wildman–Crippen LogP) is 1.76. The van der Waals surface area contributed by atoms with Crippen molar-refractivity contribution in [2.24, 2.45) is 4.99 Å². The second-order valence-corrected chi connectivity index (χ2v) is 4.15. The monoisotopic (exact) mass is 199 g/mol. The molecule has 2 nitrogen and oxygen atoms in total. The zero-order chi connectivity index (χ0) is 8.55. The van der Waals surface area contributed by atoms with Gasteiger partial charge in [-0.05, 0) is 6.08 Å². The van der Waals surface area contributed by atoms with Gasteiger partial charge in [0.1, 0.15) is 5.04 Å². The average molecular weight is 200 g/mol. The third-order valence-electron chi connectivity index (χ3n) is 1.77. The number of rotatable bonds is 1. The summed E-state index contributed by atoms with van der Waals surface area (Å²) in [7, 11) is 0. The van der Waals surface area contributed by atoms with Crippen LogP contribution in [-0.4, -0.2) is 22.6 Å². The Morgan fingerprint density at radius 3 is 3.17 bits per heavy atom. The van der Waals surface area contributed by atoms with Crippen LogP contribution in [0.15, 0.2) is 28.3 Å². The Kier molecular flexibility index (Phi) is 2.07. The molecule has 2 aliphatic rings. The van der Waals surface area contributed by atoms with Gasteiger partial charge in [0, 0.05) is 5.03 Å². The van der Waals surface area contributed by atoms with Gasteiger partial charge in [0.25, 0.3) is 0 Å². The summed E-state index contributed by atoms with van der Waals surface area (Å²) in [4.78, 5) is 14.6. The summed E-state index contributed by atoms with van der Waals surface area (Å²) >= 11 is 7.37. The van der Waals surface area contributed by atoms with E-state index in [0.717, 1.165) is 11.3 Å². The third kappa shape index (κ3) is 1.23. The first-order valence-electron chi connectivity index (χ1n) is 3.55. The number of aldehydes is 1. The molecule has 62 valence electrons. The lowest BCUT2D eigenvalue weighted by Crippen LogP contribution is -2.17. The molecule has 1 aliphatic heterocycles. The van der Waals surface area contributed by atoms with Gasteiger partial charge >= 0.3 is 0 Å². The molecule has 0 N–H and O–H groups in total. The molecule has 2 atom stereocenters. The molecule has 1 heterocycles. The number of allylic oxidation sites excluding steroid dienone is 2. The van der Waals surface area contributed by atoms with Gasteiger partial charge < -0.3 is 0 Å². The number of fused-ring (bicyclic) bond motifs is 1. The zero-order valence-corrected chi connectivity index (χ0v) is 7.68. The molecule has 0 aromatic carbocycles. The second-order valence-electron chi connectivity index (χ2n) is 2.55. The molecule has 0 fully saturated rings. The lowest BCUT2D eigenvalue weighted by atomic mass is 10.1. The third-order valence-corrected chi connectivity index (χ3v) is 3.49. The Morgan fingerprint density at radius 1 is 1.67 bits per heavy atom. The van der Waals surface area contributed by atoms with Crippen LogP contribution in [0, 0.1) is 0 Å². The van der Waals surface area contributed by atoms with Gasteiger partial charge in [-0.1, -0.05) is 35.5 Å². The van der Waals surface area contributed by atoms with Crippen LogP contribution in [0.3, 0.4) is 0 Å². The van der Waals surface area contributed by atoms with E-state index in [1.807, 2.05) is 18.2 Å². The van der Waals surface area contributed by atoms with Gasteiger partial charge in [-0.15, -0.1) is 0 Å². The van der Waals surface area contributed by atoms with Crippen LogP contribution in [-0.2, 0) is 4.79 Å². The number of hydrogen-bond donors (Lipinski definition) is 0. The van der Waals surface area contributed by atoms with Crippen molar-refractivity contribution in [1.82, 2.24) is 0 Å². The molecule has 0 saturated carbocycles. The van der Waals surface area contributed by atoms with E-state index in [-0.39, 0.29) is 11.3 Å². The Bertz CT molecular complexity index is 308. The molecule has 2 unspecified atom stereocenters. The van der Waals surface area contributed by atoms with E-state index >= 15 is 0 Å². The van der Waals surface area contributed by atoms with Gasteiger partial charge in [-0.25, -0.2) is 0 Å². The van der Waals surface area contributed by atoms with E-state index in [4.69, 9.17) is 11.6 Å². The normalized spacial score (nSPS) is 32.4. The molecule has 0 bridgehead atoms. The molecule has 0 aromatic heterocycles. The number of hydrogen-bond acceptors (Lipinski definition) is 3. The van der Waals surface area contributed by atoms with E-state index in [0.29, 0.717) is 5.04 Å². The number of halogens is 1. The van der Waals surface area contributed by atoms with E-state index in [1.165, 1.54) is 11.8 Å². The van der Waals surface area contributed by atoms with Gasteiger partial charge in [-0.3, -0.25) is 9.79 Å². The SMILES string of the molecule is O=CC1=NC2C=CC=C(Cl)C2S1. The number of carbonyl (C=O) groups excluding carboxylic acids is 1. The van der Waals surface area contributed by atoms with Crippen LogP contribution >= 0.6 is 23.4 Å². The number of carbonyl (C=O) groups is 1. The smallest absolute Gasteiger partial charge is 0.174 e. The molecule has 0 saturated heterocycles. The van der Waals surface area contributed by atoms with Crippen LogP contribution in [0.25, 0.3) is 0 Å². The molecule has 12 heavy (non-hydrogen) atoms. The Balaban J connectivity index is 2.26. The van der Waals surface area contributed by atoms with Crippen LogP contribution in [0.2, 0.25) is 0 Å². The van der Waals surface area contributed by atoms with Gasteiger partial charge in [0.15, 0.2) is 6.29 Å². The topological polar surface area (TPSA) is 29.4 Å². The minimum absolute atomic E-state index is 0.0627. The molecule has 0 amide bonds. The highest BCUT2D eigenvalue weighted by Gasteiger charge is 2.31. The molecular weight excluding hydrogens is 194 g/mol.